The Morgan fingerprint density at radius 1 is 1.14 bits per heavy atom. The number of amides is 2. The van der Waals surface area contributed by atoms with Gasteiger partial charge in [0, 0.05) is 39.0 Å². The van der Waals surface area contributed by atoms with Crippen LogP contribution in [0.3, 0.4) is 0 Å². The van der Waals surface area contributed by atoms with Gasteiger partial charge in [-0.05, 0) is 43.4 Å². The summed E-state index contributed by atoms with van der Waals surface area (Å²) >= 11 is 0. The number of piperidine rings is 1. The molecule has 0 bridgehead atoms. The molecule has 2 aliphatic rings. The monoisotopic (exact) mass is 301 g/mol. The number of rotatable bonds is 2. The molecule has 0 spiro atoms. The van der Waals surface area contributed by atoms with Crippen molar-refractivity contribution in [2.45, 2.75) is 38.6 Å². The molecule has 2 atom stereocenters. The average Bonchev–Trinajstić information content (AvgIpc) is 3.04. The molecule has 0 aromatic carbocycles. The van der Waals surface area contributed by atoms with Crippen LogP contribution in [0.15, 0.2) is 24.5 Å². The lowest BCUT2D eigenvalue weighted by Crippen LogP contribution is -2.46. The topological polar surface area (TPSA) is 53.5 Å². The van der Waals surface area contributed by atoms with Crippen LogP contribution in [0.4, 0.5) is 0 Å². The highest BCUT2D eigenvalue weighted by Crippen LogP contribution is 2.34. The van der Waals surface area contributed by atoms with Gasteiger partial charge in [-0.3, -0.25) is 14.6 Å². The van der Waals surface area contributed by atoms with Crippen LogP contribution in [0.5, 0.6) is 0 Å². The third kappa shape index (κ3) is 2.98. The predicted octanol–water partition coefficient (Wildman–Crippen LogP) is 2.00. The molecule has 0 aliphatic carbocycles. The lowest BCUT2D eigenvalue weighted by atomic mass is 9.95. The Balaban J connectivity index is 1.72. The van der Waals surface area contributed by atoms with E-state index in [4.69, 9.17) is 0 Å². The highest BCUT2D eigenvalue weighted by Gasteiger charge is 2.36. The fraction of sp³-hybridized carbons (Fsp3) is 0.588. The summed E-state index contributed by atoms with van der Waals surface area (Å²) in [6.07, 6.45) is 7.44. The van der Waals surface area contributed by atoms with E-state index in [1.807, 2.05) is 21.9 Å². The summed E-state index contributed by atoms with van der Waals surface area (Å²) < 4.78 is 0. The number of likely N-dealkylation sites (tertiary alicyclic amines) is 2. The summed E-state index contributed by atoms with van der Waals surface area (Å²) in [7, 11) is 0. The summed E-state index contributed by atoms with van der Waals surface area (Å²) in [6.45, 7) is 3.77. The molecule has 1 aromatic heterocycles. The van der Waals surface area contributed by atoms with Crippen molar-refractivity contribution in [1.29, 1.82) is 0 Å². The van der Waals surface area contributed by atoms with Crippen molar-refractivity contribution in [3.8, 4) is 0 Å². The first-order valence-electron chi connectivity index (χ1n) is 8.12. The number of hydrogen-bond donors (Lipinski definition) is 0. The second kappa shape index (κ2) is 6.46. The Morgan fingerprint density at radius 3 is 2.59 bits per heavy atom. The maximum absolute atomic E-state index is 12.9. The molecular formula is C17H23N3O2. The van der Waals surface area contributed by atoms with Gasteiger partial charge in [0.25, 0.3) is 0 Å². The molecule has 2 saturated heterocycles. The minimum absolute atomic E-state index is 0.0416. The summed E-state index contributed by atoms with van der Waals surface area (Å²) in [4.78, 5) is 32.4. The molecule has 3 rings (SSSR count). The third-order valence-corrected chi connectivity index (χ3v) is 4.84. The van der Waals surface area contributed by atoms with Crippen molar-refractivity contribution < 1.29 is 9.59 Å². The van der Waals surface area contributed by atoms with Gasteiger partial charge < -0.3 is 9.80 Å². The fourth-order valence-corrected chi connectivity index (χ4v) is 3.66. The molecule has 2 amide bonds. The van der Waals surface area contributed by atoms with Gasteiger partial charge in [-0.25, -0.2) is 0 Å². The summed E-state index contributed by atoms with van der Waals surface area (Å²) in [5.74, 6) is 0.245. The standard InChI is InChI=1S/C17H23N3O2/c1-13(21)19-10-2-4-15(12-19)17(22)20-11-3-5-16(20)14-6-8-18-9-7-14/h6-9,15-16H,2-5,10-12H2,1H3/t15-,16+/m0/s1. The maximum Gasteiger partial charge on any atom is 0.227 e. The van der Waals surface area contributed by atoms with Gasteiger partial charge in [-0.15, -0.1) is 0 Å². The third-order valence-electron chi connectivity index (χ3n) is 4.84. The van der Waals surface area contributed by atoms with Crippen LogP contribution in [0.1, 0.15) is 44.2 Å². The quantitative estimate of drug-likeness (QED) is 0.839. The highest BCUT2D eigenvalue weighted by atomic mass is 16.2. The van der Waals surface area contributed by atoms with Gasteiger partial charge in [-0.1, -0.05) is 0 Å². The predicted molar refractivity (Wildman–Crippen MR) is 82.9 cm³/mol. The Labute approximate surface area is 131 Å². The smallest absolute Gasteiger partial charge is 0.227 e. The largest absolute Gasteiger partial charge is 0.342 e. The first kappa shape index (κ1) is 15.0. The molecule has 3 heterocycles. The number of nitrogens with zero attached hydrogens (tertiary/aromatic N) is 3. The molecule has 22 heavy (non-hydrogen) atoms. The number of carbonyl (C=O) groups is 2. The molecule has 0 unspecified atom stereocenters. The molecule has 5 heteroatoms. The van der Waals surface area contributed by atoms with Crippen LogP contribution in [0, 0.1) is 5.92 Å². The van der Waals surface area contributed by atoms with Crippen molar-refractivity contribution in [3.05, 3.63) is 30.1 Å². The zero-order valence-electron chi connectivity index (χ0n) is 13.1. The Hall–Kier alpha value is -1.91. The Kier molecular flexibility index (Phi) is 4.41. The lowest BCUT2D eigenvalue weighted by Gasteiger charge is -2.35. The number of aromatic nitrogens is 1. The van der Waals surface area contributed by atoms with Crippen LogP contribution in [0.25, 0.3) is 0 Å². The molecule has 0 radical (unpaired) electrons. The van der Waals surface area contributed by atoms with Gasteiger partial charge in [0.15, 0.2) is 0 Å². The van der Waals surface area contributed by atoms with Crippen molar-refractivity contribution >= 4 is 11.8 Å². The van der Waals surface area contributed by atoms with Gasteiger partial charge in [0.1, 0.15) is 0 Å². The first-order valence-corrected chi connectivity index (χ1v) is 8.12. The Morgan fingerprint density at radius 2 is 1.86 bits per heavy atom. The van der Waals surface area contributed by atoms with E-state index >= 15 is 0 Å². The molecule has 0 N–H and O–H groups in total. The molecule has 118 valence electrons. The fourth-order valence-electron chi connectivity index (χ4n) is 3.66. The average molecular weight is 301 g/mol. The van der Waals surface area contributed by atoms with Crippen LogP contribution in [0.2, 0.25) is 0 Å². The zero-order valence-corrected chi connectivity index (χ0v) is 13.1. The summed E-state index contributed by atoms with van der Waals surface area (Å²) in [5.41, 5.74) is 1.17. The lowest BCUT2D eigenvalue weighted by molar-refractivity contribution is -0.140. The Bertz CT molecular complexity index is 546. The molecule has 5 nitrogen and oxygen atoms in total. The second-order valence-electron chi connectivity index (χ2n) is 6.27. The molecular weight excluding hydrogens is 278 g/mol. The molecule has 0 saturated carbocycles. The minimum atomic E-state index is -0.0416. The zero-order chi connectivity index (χ0) is 15.5. The van der Waals surface area contributed by atoms with E-state index in [-0.39, 0.29) is 23.8 Å². The van der Waals surface area contributed by atoms with Crippen molar-refractivity contribution in [3.63, 3.8) is 0 Å². The van der Waals surface area contributed by atoms with Crippen molar-refractivity contribution in [2.24, 2.45) is 5.92 Å². The van der Waals surface area contributed by atoms with E-state index < -0.39 is 0 Å². The summed E-state index contributed by atoms with van der Waals surface area (Å²) in [5, 5.41) is 0. The van der Waals surface area contributed by atoms with Crippen LogP contribution >= 0.6 is 0 Å². The first-order chi connectivity index (χ1) is 10.7. The van der Waals surface area contributed by atoms with E-state index in [9.17, 15) is 9.59 Å². The van der Waals surface area contributed by atoms with Crippen LogP contribution < -0.4 is 0 Å². The van der Waals surface area contributed by atoms with Crippen molar-refractivity contribution in [1.82, 2.24) is 14.8 Å². The normalized spacial score (nSPS) is 25.3. The molecule has 1 aromatic rings. The van der Waals surface area contributed by atoms with E-state index in [0.717, 1.165) is 38.8 Å². The maximum atomic E-state index is 12.9. The second-order valence-corrected chi connectivity index (χ2v) is 6.27. The summed E-state index contributed by atoms with van der Waals surface area (Å²) in [6, 6.07) is 4.17. The van der Waals surface area contributed by atoms with Gasteiger partial charge >= 0.3 is 0 Å². The molecule has 2 fully saturated rings. The van der Waals surface area contributed by atoms with Gasteiger partial charge in [-0.2, -0.15) is 0 Å². The number of hydrogen-bond acceptors (Lipinski definition) is 3. The highest BCUT2D eigenvalue weighted by molar-refractivity contribution is 5.81. The number of pyridine rings is 1. The van der Waals surface area contributed by atoms with Gasteiger partial charge in [0.2, 0.25) is 11.8 Å². The van der Waals surface area contributed by atoms with E-state index in [0.29, 0.717) is 6.54 Å². The van der Waals surface area contributed by atoms with Crippen LogP contribution in [-0.2, 0) is 9.59 Å². The van der Waals surface area contributed by atoms with E-state index in [1.165, 1.54) is 5.56 Å². The van der Waals surface area contributed by atoms with Crippen molar-refractivity contribution in [2.75, 3.05) is 19.6 Å². The number of carbonyl (C=O) groups excluding carboxylic acids is 2. The van der Waals surface area contributed by atoms with Crippen LogP contribution in [-0.4, -0.2) is 46.2 Å². The van der Waals surface area contributed by atoms with Gasteiger partial charge in [0.05, 0.1) is 12.0 Å². The van der Waals surface area contributed by atoms with E-state index in [1.54, 1.807) is 19.3 Å². The van der Waals surface area contributed by atoms with E-state index in [2.05, 4.69) is 4.98 Å². The molecule has 2 aliphatic heterocycles. The minimum Gasteiger partial charge on any atom is -0.342 e. The SMILES string of the molecule is CC(=O)N1CCC[C@H](C(=O)N2CCC[C@@H]2c2ccncc2)C1.